The number of halogens is 3. The van der Waals surface area contributed by atoms with E-state index in [0.717, 1.165) is 57.2 Å². The van der Waals surface area contributed by atoms with Gasteiger partial charge in [-0.15, -0.1) is 0 Å². The van der Waals surface area contributed by atoms with Gasteiger partial charge in [0.15, 0.2) is 0 Å². The zero-order valence-corrected chi connectivity index (χ0v) is 30.9. The van der Waals surface area contributed by atoms with Gasteiger partial charge in [0.25, 0.3) is 5.56 Å². The Balaban J connectivity index is 1.56. The average molecular weight is 708 g/mol. The van der Waals surface area contributed by atoms with Crippen LogP contribution in [0.1, 0.15) is 122 Å². The molecule has 2 atom stereocenters. The number of alkyl halides is 3. The van der Waals surface area contributed by atoms with Gasteiger partial charge in [-0.05, 0) is 149 Å². The van der Waals surface area contributed by atoms with Crippen molar-refractivity contribution in [3.05, 3.63) is 91.4 Å². The summed E-state index contributed by atoms with van der Waals surface area (Å²) in [5.41, 5.74) is 6.68. The summed E-state index contributed by atoms with van der Waals surface area (Å²) in [5, 5.41) is 13.0. The average Bonchev–Trinajstić information content (AvgIpc) is 3.51. The minimum atomic E-state index is -4.73. The van der Waals surface area contributed by atoms with Crippen molar-refractivity contribution in [2.45, 2.75) is 124 Å². The predicted octanol–water partition coefficient (Wildman–Crippen LogP) is 8.46. The van der Waals surface area contributed by atoms with Crippen LogP contribution < -0.4 is 10.9 Å². The van der Waals surface area contributed by atoms with Crippen molar-refractivity contribution in [3.8, 4) is 11.1 Å². The van der Waals surface area contributed by atoms with Crippen LogP contribution in [-0.2, 0) is 28.6 Å². The number of carboxylic acid groups (broad SMARTS) is 1. The molecule has 51 heavy (non-hydrogen) atoms. The highest BCUT2D eigenvalue weighted by Crippen LogP contribution is 2.41. The monoisotopic (exact) mass is 707 g/mol. The van der Waals surface area contributed by atoms with Gasteiger partial charge in [-0.25, -0.2) is 0 Å². The van der Waals surface area contributed by atoms with Gasteiger partial charge in [-0.1, -0.05) is 37.6 Å². The maximum Gasteiger partial charge on any atom is 0.416 e. The van der Waals surface area contributed by atoms with E-state index in [4.69, 9.17) is 0 Å². The zero-order valence-electron chi connectivity index (χ0n) is 30.9. The number of fused-ring (bicyclic) bond motifs is 1. The number of hydrogen-bond donors (Lipinski definition) is 2. The number of amides is 1. The lowest BCUT2D eigenvalue weighted by Gasteiger charge is -2.36. The molecular formula is C41H52F3N3O4. The first-order valence-corrected chi connectivity index (χ1v) is 18.3. The second-order valence-electron chi connectivity index (χ2n) is 15.4. The van der Waals surface area contributed by atoms with E-state index in [1.54, 1.807) is 0 Å². The molecule has 3 aromatic rings. The van der Waals surface area contributed by atoms with Gasteiger partial charge in [0.1, 0.15) is 6.04 Å². The molecule has 5 rings (SSSR count). The molecule has 2 heterocycles. The van der Waals surface area contributed by atoms with Crippen molar-refractivity contribution in [1.29, 1.82) is 0 Å². The van der Waals surface area contributed by atoms with E-state index in [0.29, 0.717) is 37.6 Å². The van der Waals surface area contributed by atoms with Gasteiger partial charge in [0, 0.05) is 18.3 Å². The van der Waals surface area contributed by atoms with Crippen molar-refractivity contribution in [3.63, 3.8) is 0 Å². The number of pyridine rings is 1. The Morgan fingerprint density at radius 3 is 2.18 bits per heavy atom. The number of carboxylic acids is 1. The quantitative estimate of drug-likeness (QED) is 0.209. The highest BCUT2D eigenvalue weighted by Gasteiger charge is 2.39. The van der Waals surface area contributed by atoms with E-state index >= 15 is 0 Å². The van der Waals surface area contributed by atoms with Gasteiger partial charge in [-0.2, -0.15) is 13.2 Å². The van der Waals surface area contributed by atoms with Gasteiger partial charge in [0.05, 0.1) is 18.0 Å². The molecule has 1 aliphatic carbocycles. The van der Waals surface area contributed by atoms with E-state index < -0.39 is 53.6 Å². The number of nitrogens with one attached hydrogen (secondary N) is 1. The van der Waals surface area contributed by atoms with Crippen LogP contribution in [0.25, 0.3) is 11.1 Å². The standard InChI is InChI=1S/C41H52F3N3O4/c1-23(2)15-36(47-22-33(34(20-37(47)48)41(42,43)44)28-11-13-46(14-12-28)24(3)4)40(51)45-35(21-38(49)50)30-18-29-9-8-10-31(29)32(19-30)39-26(6)16-25(5)17-27(39)7/h16-20,22-24,28,35-36H,8-15,21H2,1-7H3,(H,45,51)(H,49,50)/t35-,36-/m1/s1. The van der Waals surface area contributed by atoms with E-state index in [2.05, 4.69) is 57.0 Å². The van der Waals surface area contributed by atoms with Crippen molar-refractivity contribution in [1.82, 2.24) is 14.8 Å². The summed E-state index contributed by atoms with van der Waals surface area (Å²) in [5.74, 6) is -2.22. The molecule has 0 spiro atoms. The summed E-state index contributed by atoms with van der Waals surface area (Å²) in [6.45, 7) is 15.3. The van der Waals surface area contributed by atoms with Crippen molar-refractivity contribution in [2.75, 3.05) is 13.1 Å². The van der Waals surface area contributed by atoms with E-state index in [1.165, 1.54) is 11.8 Å². The third-order valence-electron chi connectivity index (χ3n) is 10.7. The summed E-state index contributed by atoms with van der Waals surface area (Å²) in [4.78, 5) is 42.3. The predicted molar refractivity (Wildman–Crippen MR) is 194 cm³/mol. The molecule has 7 nitrogen and oxygen atoms in total. The molecule has 1 saturated heterocycles. The Morgan fingerprint density at radius 1 is 0.961 bits per heavy atom. The third kappa shape index (κ3) is 8.59. The molecule has 1 fully saturated rings. The molecule has 1 amide bonds. The van der Waals surface area contributed by atoms with E-state index in [-0.39, 0.29) is 23.9 Å². The number of aliphatic carboxylic acids is 1. The fraction of sp³-hybridized carbons (Fsp3) is 0.537. The van der Waals surface area contributed by atoms with Crippen LogP contribution in [0.15, 0.2) is 41.3 Å². The van der Waals surface area contributed by atoms with Crippen LogP contribution in [0.5, 0.6) is 0 Å². The summed E-state index contributed by atoms with van der Waals surface area (Å²) in [6, 6.07) is 7.09. The van der Waals surface area contributed by atoms with Crippen LogP contribution in [-0.4, -0.2) is 45.6 Å². The zero-order chi connectivity index (χ0) is 37.4. The Bertz CT molecular complexity index is 1810. The molecule has 2 N–H and O–H groups in total. The van der Waals surface area contributed by atoms with Crippen LogP contribution in [0.2, 0.25) is 0 Å². The molecule has 1 aromatic heterocycles. The fourth-order valence-corrected chi connectivity index (χ4v) is 8.35. The molecule has 1 aliphatic heterocycles. The summed E-state index contributed by atoms with van der Waals surface area (Å²) < 4.78 is 44.3. The number of carbonyl (C=O) groups excluding carboxylic acids is 1. The lowest BCUT2D eigenvalue weighted by Crippen LogP contribution is -2.41. The highest BCUT2D eigenvalue weighted by molar-refractivity contribution is 5.82. The minimum absolute atomic E-state index is 0.0289. The number of piperidine rings is 1. The second kappa shape index (κ2) is 15.4. The molecule has 0 bridgehead atoms. The summed E-state index contributed by atoms with van der Waals surface area (Å²) >= 11 is 0. The van der Waals surface area contributed by atoms with Crippen molar-refractivity contribution in [2.24, 2.45) is 5.92 Å². The maximum absolute atomic E-state index is 14.4. The van der Waals surface area contributed by atoms with Crippen molar-refractivity contribution < 1.29 is 27.9 Å². The SMILES string of the molecule is Cc1cc(C)c(-c2cc([C@@H](CC(=O)O)NC(=O)[C@@H](CC(C)C)n3cc(C4CCN(C(C)C)CC4)c(C(F)(F)F)cc3=O)cc3c2CCC3)c(C)c1. The largest absolute Gasteiger partial charge is 0.481 e. The number of hydrogen-bond acceptors (Lipinski definition) is 4. The highest BCUT2D eigenvalue weighted by atomic mass is 19.4. The maximum atomic E-state index is 14.4. The first-order chi connectivity index (χ1) is 23.9. The minimum Gasteiger partial charge on any atom is -0.481 e. The first kappa shape index (κ1) is 38.3. The van der Waals surface area contributed by atoms with Gasteiger partial charge in [0.2, 0.25) is 5.91 Å². The number of nitrogens with zero attached hydrogens (tertiary/aromatic N) is 2. The van der Waals surface area contributed by atoms with E-state index in [1.807, 2.05) is 26.0 Å². The Morgan fingerprint density at radius 2 is 1.61 bits per heavy atom. The topological polar surface area (TPSA) is 91.6 Å². The van der Waals surface area contributed by atoms with Gasteiger partial charge >= 0.3 is 12.1 Å². The van der Waals surface area contributed by atoms with Gasteiger partial charge in [-0.3, -0.25) is 14.4 Å². The Labute approximate surface area is 299 Å². The number of aryl methyl sites for hydroxylation is 4. The van der Waals surface area contributed by atoms with Crippen LogP contribution in [0.3, 0.4) is 0 Å². The molecule has 2 aromatic carbocycles. The second-order valence-corrected chi connectivity index (χ2v) is 15.4. The van der Waals surface area contributed by atoms with Crippen LogP contribution in [0, 0.1) is 26.7 Å². The Hall–Kier alpha value is -3.92. The molecule has 0 unspecified atom stereocenters. The molecule has 276 valence electrons. The fourth-order valence-electron chi connectivity index (χ4n) is 8.35. The molecule has 0 radical (unpaired) electrons. The summed E-state index contributed by atoms with van der Waals surface area (Å²) in [6.07, 6.45) is 0.0245. The summed E-state index contributed by atoms with van der Waals surface area (Å²) in [7, 11) is 0. The van der Waals surface area contributed by atoms with Crippen molar-refractivity contribution >= 4 is 11.9 Å². The number of rotatable bonds is 11. The lowest BCUT2D eigenvalue weighted by molar-refractivity contribution is -0.139. The van der Waals surface area contributed by atoms with Crippen LogP contribution in [0.4, 0.5) is 13.2 Å². The smallest absolute Gasteiger partial charge is 0.416 e. The van der Waals surface area contributed by atoms with E-state index in [9.17, 15) is 32.7 Å². The lowest BCUT2D eigenvalue weighted by atomic mass is 9.86. The first-order valence-electron chi connectivity index (χ1n) is 18.3. The Kier molecular flexibility index (Phi) is 11.5. The molecular weight excluding hydrogens is 655 g/mol. The van der Waals surface area contributed by atoms with Gasteiger partial charge < -0.3 is 19.9 Å². The normalized spacial score (nSPS) is 16.8. The number of aromatic nitrogens is 1. The molecule has 10 heteroatoms. The number of carbonyl (C=O) groups is 2. The third-order valence-corrected chi connectivity index (χ3v) is 10.7. The van der Waals surface area contributed by atoms with Crippen LogP contribution >= 0.6 is 0 Å². The number of benzene rings is 2. The molecule has 2 aliphatic rings. The number of likely N-dealkylation sites (tertiary alicyclic amines) is 1. The molecule has 0 saturated carbocycles.